The van der Waals surface area contributed by atoms with Crippen molar-refractivity contribution in [3.05, 3.63) is 18.2 Å². The summed E-state index contributed by atoms with van der Waals surface area (Å²) in [5, 5.41) is 20.9. The number of fused-ring (bicyclic) bond motifs is 1. The molecule has 3 rings (SSSR count). The van der Waals surface area contributed by atoms with Crippen LogP contribution in [0.1, 0.15) is 38.4 Å². The van der Waals surface area contributed by atoms with Gasteiger partial charge in [0.2, 0.25) is 5.65 Å². The quantitative estimate of drug-likeness (QED) is 0.896. The van der Waals surface area contributed by atoms with E-state index in [2.05, 4.69) is 27.4 Å². The Morgan fingerprint density at radius 2 is 2.14 bits per heavy atom. The summed E-state index contributed by atoms with van der Waals surface area (Å²) in [5.74, 6) is 0.972. The molecule has 7 heteroatoms. The van der Waals surface area contributed by atoms with E-state index in [9.17, 15) is 9.90 Å². The molecule has 1 fully saturated rings. The van der Waals surface area contributed by atoms with Crippen LogP contribution in [0, 0.1) is 12.8 Å². The van der Waals surface area contributed by atoms with Gasteiger partial charge in [0.05, 0.1) is 0 Å². The molecule has 0 amide bonds. The van der Waals surface area contributed by atoms with Crippen molar-refractivity contribution in [3.63, 3.8) is 0 Å². The minimum atomic E-state index is -0.957. The molecule has 112 valence electrons. The molecule has 2 N–H and O–H groups in total. The minimum absolute atomic E-state index is 0.482. The van der Waals surface area contributed by atoms with Gasteiger partial charge in [-0.05, 0) is 38.5 Å². The molecule has 0 spiro atoms. The SMILES string of the molecule is Cc1nnc2c(NC3(C(=O)O)CCC(C)CC3)nccn12. The van der Waals surface area contributed by atoms with E-state index in [4.69, 9.17) is 0 Å². The Hall–Kier alpha value is -2.18. The topological polar surface area (TPSA) is 92.4 Å². The number of aryl methyl sites for hydroxylation is 1. The Morgan fingerprint density at radius 3 is 2.81 bits per heavy atom. The van der Waals surface area contributed by atoms with Crippen LogP contribution >= 0.6 is 0 Å². The minimum Gasteiger partial charge on any atom is -0.480 e. The highest BCUT2D eigenvalue weighted by Gasteiger charge is 2.42. The van der Waals surface area contributed by atoms with Crippen molar-refractivity contribution in [2.75, 3.05) is 5.32 Å². The molecule has 7 nitrogen and oxygen atoms in total. The number of nitrogens with zero attached hydrogens (tertiary/aromatic N) is 4. The van der Waals surface area contributed by atoms with Crippen LogP contribution in [-0.2, 0) is 4.79 Å². The Bertz CT molecular complexity index is 673. The van der Waals surface area contributed by atoms with Crippen LogP contribution in [0.5, 0.6) is 0 Å². The maximum Gasteiger partial charge on any atom is 0.329 e. The fraction of sp³-hybridized carbons (Fsp3) is 0.571. The van der Waals surface area contributed by atoms with E-state index >= 15 is 0 Å². The van der Waals surface area contributed by atoms with Crippen LogP contribution in [0.25, 0.3) is 5.65 Å². The van der Waals surface area contributed by atoms with Gasteiger partial charge in [-0.3, -0.25) is 4.40 Å². The fourth-order valence-corrected chi connectivity index (χ4v) is 2.90. The Morgan fingerprint density at radius 1 is 1.43 bits per heavy atom. The fourth-order valence-electron chi connectivity index (χ4n) is 2.90. The molecule has 0 radical (unpaired) electrons. The number of carboxylic acid groups (broad SMARTS) is 1. The second kappa shape index (κ2) is 4.98. The molecule has 1 aliphatic rings. The predicted octanol–water partition coefficient (Wildman–Crippen LogP) is 1.88. The van der Waals surface area contributed by atoms with Crippen molar-refractivity contribution < 1.29 is 9.90 Å². The number of hydrogen-bond donors (Lipinski definition) is 2. The number of aromatic nitrogens is 4. The summed E-state index contributed by atoms with van der Waals surface area (Å²) in [6.45, 7) is 4.01. The highest BCUT2D eigenvalue weighted by molar-refractivity contribution is 5.84. The summed E-state index contributed by atoms with van der Waals surface area (Å²) in [6, 6.07) is 0. The predicted molar refractivity (Wildman–Crippen MR) is 77.1 cm³/mol. The zero-order valence-corrected chi connectivity index (χ0v) is 12.2. The second-order valence-corrected chi connectivity index (χ2v) is 5.91. The summed E-state index contributed by atoms with van der Waals surface area (Å²) in [5.41, 5.74) is -0.393. The van der Waals surface area contributed by atoms with Crippen LogP contribution < -0.4 is 5.32 Å². The highest BCUT2D eigenvalue weighted by atomic mass is 16.4. The summed E-state index contributed by atoms with van der Waals surface area (Å²) in [6.07, 6.45) is 6.39. The molecule has 0 unspecified atom stereocenters. The monoisotopic (exact) mass is 289 g/mol. The first-order chi connectivity index (χ1) is 10.0. The molecule has 2 heterocycles. The summed E-state index contributed by atoms with van der Waals surface area (Å²) in [4.78, 5) is 16.1. The van der Waals surface area contributed by atoms with Gasteiger partial charge in [0.15, 0.2) is 5.82 Å². The van der Waals surface area contributed by atoms with E-state index in [0.717, 1.165) is 18.7 Å². The van der Waals surface area contributed by atoms with Gasteiger partial charge in [-0.1, -0.05) is 6.92 Å². The van der Waals surface area contributed by atoms with Crippen LogP contribution in [0.4, 0.5) is 5.82 Å². The van der Waals surface area contributed by atoms with Gasteiger partial charge in [-0.25, -0.2) is 9.78 Å². The molecule has 0 saturated heterocycles. The van der Waals surface area contributed by atoms with Gasteiger partial charge >= 0.3 is 5.97 Å². The third-order valence-corrected chi connectivity index (χ3v) is 4.39. The number of aliphatic carboxylic acids is 1. The zero-order chi connectivity index (χ0) is 15.0. The Labute approximate surface area is 122 Å². The molecule has 1 saturated carbocycles. The molecule has 0 atom stereocenters. The standard InChI is InChI=1S/C14H19N5O2/c1-9-3-5-14(6-4-9,13(20)21)16-11-12-18-17-10(2)19(12)8-7-15-11/h7-9H,3-6H2,1-2H3,(H,15,16)(H,20,21). The lowest BCUT2D eigenvalue weighted by atomic mass is 9.77. The second-order valence-electron chi connectivity index (χ2n) is 5.91. The van der Waals surface area contributed by atoms with Crippen molar-refractivity contribution in [1.29, 1.82) is 0 Å². The van der Waals surface area contributed by atoms with Crippen LogP contribution in [0.2, 0.25) is 0 Å². The Balaban J connectivity index is 1.97. The zero-order valence-electron chi connectivity index (χ0n) is 12.2. The maximum absolute atomic E-state index is 11.8. The number of rotatable bonds is 3. The van der Waals surface area contributed by atoms with E-state index in [1.807, 2.05) is 6.92 Å². The third-order valence-electron chi connectivity index (χ3n) is 4.39. The van der Waals surface area contributed by atoms with E-state index in [-0.39, 0.29) is 0 Å². The van der Waals surface area contributed by atoms with E-state index in [1.165, 1.54) is 0 Å². The van der Waals surface area contributed by atoms with Crippen molar-refractivity contribution in [1.82, 2.24) is 19.6 Å². The van der Waals surface area contributed by atoms with Crippen molar-refractivity contribution in [3.8, 4) is 0 Å². The lowest BCUT2D eigenvalue weighted by Gasteiger charge is -2.36. The number of anilines is 1. The summed E-state index contributed by atoms with van der Waals surface area (Å²) in [7, 11) is 0. The van der Waals surface area contributed by atoms with Gasteiger partial charge in [0.1, 0.15) is 11.4 Å². The lowest BCUT2D eigenvalue weighted by molar-refractivity contribution is -0.143. The number of carbonyl (C=O) groups is 1. The van der Waals surface area contributed by atoms with E-state index < -0.39 is 11.5 Å². The van der Waals surface area contributed by atoms with Crippen LogP contribution in [0.3, 0.4) is 0 Å². The van der Waals surface area contributed by atoms with Crippen molar-refractivity contribution in [2.45, 2.75) is 45.1 Å². The largest absolute Gasteiger partial charge is 0.480 e. The van der Waals surface area contributed by atoms with Crippen LogP contribution in [0.15, 0.2) is 12.4 Å². The maximum atomic E-state index is 11.8. The number of nitrogens with one attached hydrogen (secondary N) is 1. The number of carboxylic acids is 1. The van der Waals surface area contributed by atoms with Gasteiger partial charge in [-0.15, -0.1) is 10.2 Å². The van der Waals surface area contributed by atoms with E-state index in [1.54, 1.807) is 16.8 Å². The first kappa shape index (κ1) is 13.8. The average molecular weight is 289 g/mol. The molecular weight excluding hydrogens is 270 g/mol. The molecule has 0 bridgehead atoms. The molecule has 2 aromatic heterocycles. The first-order valence-corrected chi connectivity index (χ1v) is 7.20. The lowest BCUT2D eigenvalue weighted by Crippen LogP contribution is -2.49. The third kappa shape index (κ3) is 2.32. The first-order valence-electron chi connectivity index (χ1n) is 7.20. The summed E-state index contributed by atoms with van der Waals surface area (Å²) >= 11 is 0. The molecule has 1 aliphatic carbocycles. The Kier molecular flexibility index (Phi) is 3.27. The average Bonchev–Trinajstić information content (AvgIpc) is 2.84. The molecule has 0 aromatic carbocycles. The van der Waals surface area contributed by atoms with Gasteiger partial charge in [0.25, 0.3) is 0 Å². The van der Waals surface area contributed by atoms with Gasteiger partial charge in [0, 0.05) is 12.4 Å². The van der Waals surface area contributed by atoms with E-state index in [0.29, 0.717) is 30.2 Å². The molecule has 21 heavy (non-hydrogen) atoms. The van der Waals surface area contributed by atoms with Crippen molar-refractivity contribution >= 4 is 17.4 Å². The smallest absolute Gasteiger partial charge is 0.329 e. The normalized spacial score (nSPS) is 25.9. The van der Waals surface area contributed by atoms with Crippen LogP contribution in [-0.4, -0.2) is 36.2 Å². The highest BCUT2D eigenvalue weighted by Crippen LogP contribution is 2.35. The van der Waals surface area contributed by atoms with Gasteiger partial charge < -0.3 is 10.4 Å². The molecule has 0 aliphatic heterocycles. The number of hydrogen-bond acceptors (Lipinski definition) is 5. The van der Waals surface area contributed by atoms with Crippen molar-refractivity contribution in [2.24, 2.45) is 5.92 Å². The molecule has 2 aromatic rings. The summed E-state index contributed by atoms with van der Waals surface area (Å²) < 4.78 is 1.80. The molecular formula is C14H19N5O2. The van der Waals surface area contributed by atoms with Gasteiger partial charge in [-0.2, -0.15) is 0 Å².